The monoisotopic (exact) mass is 412 g/mol. The van der Waals surface area contributed by atoms with E-state index in [1.807, 2.05) is 60.7 Å². The molecule has 1 heterocycles. The molecule has 0 bridgehead atoms. The molecule has 31 heavy (non-hydrogen) atoms. The normalized spacial score (nSPS) is 10.4. The number of hydrogen-bond donors (Lipinski definition) is 2. The lowest BCUT2D eigenvalue weighted by atomic mass is 10.3. The van der Waals surface area contributed by atoms with Crippen LogP contribution in [-0.4, -0.2) is 21.6 Å². The summed E-state index contributed by atoms with van der Waals surface area (Å²) in [6.07, 6.45) is 0. The largest absolute Gasteiger partial charge is 0.457 e. The number of carbonyl (C=O) groups excluding carboxylic acids is 2. The average molecular weight is 412 g/mol. The Labute approximate surface area is 179 Å². The van der Waals surface area contributed by atoms with Crippen LogP contribution in [0.4, 0.5) is 11.5 Å². The van der Waals surface area contributed by atoms with Crippen LogP contribution in [0.25, 0.3) is 5.69 Å². The predicted molar refractivity (Wildman–Crippen MR) is 119 cm³/mol. The van der Waals surface area contributed by atoms with E-state index in [-0.39, 0.29) is 11.6 Å². The Morgan fingerprint density at radius 3 is 2.06 bits per heavy atom. The van der Waals surface area contributed by atoms with Crippen LogP contribution in [0.2, 0.25) is 0 Å². The third-order valence-electron chi connectivity index (χ3n) is 4.34. The van der Waals surface area contributed by atoms with Crippen LogP contribution < -0.4 is 15.4 Å². The van der Waals surface area contributed by atoms with Crippen LogP contribution in [0.15, 0.2) is 91.0 Å². The molecule has 2 amide bonds. The van der Waals surface area contributed by atoms with Crippen molar-refractivity contribution in [2.24, 2.45) is 0 Å². The molecule has 2 N–H and O–H groups in total. The smallest absolute Gasteiger partial charge is 0.276 e. The molecule has 0 fully saturated rings. The first-order chi connectivity index (χ1) is 15.1. The van der Waals surface area contributed by atoms with Gasteiger partial charge in [-0.3, -0.25) is 9.59 Å². The minimum absolute atomic E-state index is 0.178. The lowest BCUT2D eigenvalue weighted by Crippen LogP contribution is -2.13. The van der Waals surface area contributed by atoms with Gasteiger partial charge in [-0.05, 0) is 48.5 Å². The third-order valence-corrected chi connectivity index (χ3v) is 4.34. The van der Waals surface area contributed by atoms with Crippen molar-refractivity contribution in [2.75, 3.05) is 10.6 Å². The van der Waals surface area contributed by atoms with E-state index in [0.717, 1.165) is 11.4 Å². The molecule has 7 heteroatoms. The van der Waals surface area contributed by atoms with Gasteiger partial charge in [0.05, 0.1) is 5.69 Å². The minimum Gasteiger partial charge on any atom is -0.457 e. The van der Waals surface area contributed by atoms with Crippen LogP contribution >= 0.6 is 0 Å². The van der Waals surface area contributed by atoms with Gasteiger partial charge in [-0.25, -0.2) is 4.68 Å². The zero-order chi connectivity index (χ0) is 21.6. The summed E-state index contributed by atoms with van der Waals surface area (Å²) in [5.74, 6) is 1.16. The van der Waals surface area contributed by atoms with Crippen molar-refractivity contribution in [1.82, 2.24) is 9.78 Å². The van der Waals surface area contributed by atoms with Crippen LogP contribution in [0.3, 0.4) is 0 Å². The first-order valence-corrected chi connectivity index (χ1v) is 9.66. The number of rotatable bonds is 6. The van der Waals surface area contributed by atoms with Crippen molar-refractivity contribution in [3.63, 3.8) is 0 Å². The number of hydrogen-bond acceptors (Lipinski definition) is 4. The Bertz CT molecular complexity index is 1190. The quantitative estimate of drug-likeness (QED) is 0.473. The highest BCUT2D eigenvalue weighted by Crippen LogP contribution is 2.23. The van der Waals surface area contributed by atoms with E-state index < -0.39 is 5.91 Å². The molecule has 0 aliphatic rings. The van der Waals surface area contributed by atoms with Gasteiger partial charge in [0.1, 0.15) is 17.3 Å². The van der Waals surface area contributed by atoms with Gasteiger partial charge in [0.25, 0.3) is 5.91 Å². The van der Waals surface area contributed by atoms with Gasteiger partial charge in [-0.2, -0.15) is 5.10 Å². The SMILES string of the molecule is CC(=O)Nc1cc(C(=O)Nc2ccc(Oc3ccccc3)cc2)nn1-c1ccccc1. The lowest BCUT2D eigenvalue weighted by molar-refractivity contribution is -0.114. The predicted octanol–water partition coefficient (Wildman–Crippen LogP) is 4.88. The molecule has 3 aromatic carbocycles. The molecule has 0 saturated heterocycles. The Kier molecular flexibility index (Phi) is 5.75. The summed E-state index contributed by atoms with van der Waals surface area (Å²) in [4.78, 5) is 24.3. The summed E-state index contributed by atoms with van der Waals surface area (Å²) < 4.78 is 7.28. The van der Waals surface area contributed by atoms with E-state index in [1.165, 1.54) is 17.7 Å². The number of amides is 2. The summed E-state index contributed by atoms with van der Waals surface area (Å²) in [5, 5.41) is 9.89. The summed E-state index contributed by atoms with van der Waals surface area (Å²) in [6, 6.07) is 27.3. The first kappa shape index (κ1) is 19.9. The standard InChI is InChI=1S/C24H20N4O3/c1-17(29)25-23-16-22(27-28(23)19-8-4-2-5-9-19)24(30)26-18-12-14-21(15-13-18)31-20-10-6-3-7-11-20/h2-16H,1H3,(H,25,29)(H,26,30). The number of para-hydroxylation sites is 2. The Hall–Kier alpha value is -4.39. The maximum absolute atomic E-state index is 12.7. The van der Waals surface area contributed by atoms with Gasteiger partial charge in [0.2, 0.25) is 5.91 Å². The molecule has 0 aliphatic heterocycles. The van der Waals surface area contributed by atoms with Gasteiger partial charge in [-0.1, -0.05) is 36.4 Å². The molecule has 1 aromatic heterocycles. The van der Waals surface area contributed by atoms with Crippen molar-refractivity contribution in [1.29, 1.82) is 0 Å². The molecule has 4 rings (SSSR count). The number of nitrogens with one attached hydrogen (secondary N) is 2. The number of nitrogens with zero attached hydrogens (tertiary/aromatic N) is 2. The van der Waals surface area contributed by atoms with Crippen molar-refractivity contribution < 1.29 is 14.3 Å². The van der Waals surface area contributed by atoms with Crippen LogP contribution in [0, 0.1) is 0 Å². The molecule has 0 unspecified atom stereocenters. The van der Waals surface area contributed by atoms with E-state index in [9.17, 15) is 9.59 Å². The molecule has 154 valence electrons. The summed E-state index contributed by atoms with van der Waals surface area (Å²) in [7, 11) is 0. The van der Waals surface area contributed by atoms with E-state index in [1.54, 1.807) is 24.3 Å². The zero-order valence-corrected chi connectivity index (χ0v) is 16.8. The minimum atomic E-state index is -0.391. The second kappa shape index (κ2) is 8.96. The van der Waals surface area contributed by atoms with Crippen molar-refractivity contribution in [2.45, 2.75) is 6.92 Å². The third kappa shape index (κ3) is 4.97. The maximum Gasteiger partial charge on any atom is 0.276 e. The fraction of sp³-hybridized carbons (Fsp3) is 0.0417. The van der Waals surface area contributed by atoms with E-state index in [2.05, 4.69) is 15.7 Å². The number of anilines is 2. The van der Waals surface area contributed by atoms with Gasteiger partial charge in [0, 0.05) is 18.7 Å². The summed E-state index contributed by atoms with van der Waals surface area (Å²) in [5.41, 5.74) is 1.51. The molecule has 0 atom stereocenters. The van der Waals surface area contributed by atoms with Crippen molar-refractivity contribution in [3.8, 4) is 17.2 Å². The highest BCUT2D eigenvalue weighted by Gasteiger charge is 2.16. The number of benzene rings is 3. The summed E-state index contributed by atoms with van der Waals surface area (Å²) >= 11 is 0. The first-order valence-electron chi connectivity index (χ1n) is 9.66. The fourth-order valence-corrected chi connectivity index (χ4v) is 2.95. The lowest BCUT2D eigenvalue weighted by Gasteiger charge is -2.07. The molecule has 4 aromatic rings. The van der Waals surface area contributed by atoms with Gasteiger partial charge >= 0.3 is 0 Å². The summed E-state index contributed by atoms with van der Waals surface area (Å²) in [6.45, 7) is 1.40. The van der Waals surface area contributed by atoms with Crippen molar-refractivity contribution >= 4 is 23.3 Å². The Morgan fingerprint density at radius 2 is 1.42 bits per heavy atom. The fourth-order valence-electron chi connectivity index (χ4n) is 2.95. The highest BCUT2D eigenvalue weighted by molar-refractivity contribution is 6.04. The van der Waals surface area contributed by atoms with Gasteiger partial charge < -0.3 is 15.4 Å². The van der Waals surface area contributed by atoms with E-state index in [4.69, 9.17) is 4.74 Å². The molecule has 7 nitrogen and oxygen atoms in total. The second-order valence-electron chi connectivity index (χ2n) is 6.74. The van der Waals surface area contributed by atoms with Gasteiger partial charge in [0.15, 0.2) is 5.69 Å². The molecule has 0 spiro atoms. The zero-order valence-electron chi connectivity index (χ0n) is 16.8. The molecule has 0 aliphatic carbocycles. The molecular formula is C24H20N4O3. The topological polar surface area (TPSA) is 85.2 Å². The van der Waals surface area contributed by atoms with Crippen LogP contribution in [0.1, 0.15) is 17.4 Å². The Morgan fingerprint density at radius 1 is 0.806 bits per heavy atom. The number of aromatic nitrogens is 2. The number of carbonyl (C=O) groups is 2. The van der Waals surface area contributed by atoms with Gasteiger partial charge in [-0.15, -0.1) is 0 Å². The van der Waals surface area contributed by atoms with Crippen LogP contribution in [-0.2, 0) is 4.79 Å². The Balaban J connectivity index is 1.50. The van der Waals surface area contributed by atoms with Crippen molar-refractivity contribution in [3.05, 3.63) is 96.7 Å². The van der Waals surface area contributed by atoms with Crippen LogP contribution in [0.5, 0.6) is 11.5 Å². The second-order valence-corrected chi connectivity index (χ2v) is 6.74. The molecule has 0 radical (unpaired) electrons. The highest BCUT2D eigenvalue weighted by atomic mass is 16.5. The van der Waals surface area contributed by atoms with E-state index >= 15 is 0 Å². The molecule has 0 saturated carbocycles. The number of ether oxygens (including phenoxy) is 1. The maximum atomic E-state index is 12.7. The van der Waals surface area contributed by atoms with E-state index in [0.29, 0.717) is 17.3 Å². The molecular weight excluding hydrogens is 392 g/mol. The average Bonchev–Trinajstić information content (AvgIpc) is 3.20.